The maximum Gasteiger partial charge on any atom is 0.0457 e. The van der Waals surface area contributed by atoms with E-state index in [4.69, 9.17) is 0 Å². The summed E-state index contributed by atoms with van der Waals surface area (Å²) in [5.74, 6) is 0. The average molecular weight is 285 g/mol. The predicted octanol–water partition coefficient (Wildman–Crippen LogP) is 3.69. The lowest BCUT2D eigenvalue weighted by molar-refractivity contribution is 0.164. The van der Waals surface area contributed by atoms with Crippen LogP contribution in [0.5, 0.6) is 0 Å². The van der Waals surface area contributed by atoms with Crippen molar-refractivity contribution in [1.82, 2.24) is 15.2 Å². The monoisotopic (exact) mass is 285 g/mol. The van der Waals surface area contributed by atoms with Crippen molar-refractivity contribution < 1.29 is 0 Å². The molecule has 0 amide bonds. The first kappa shape index (κ1) is 14.6. The number of hydrogen-bond acceptors (Lipinski definition) is 2. The third-order valence-electron chi connectivity index (χ3n) is 4.66. The van der Waals surface area contributed by atoms with Crippen LogP contribution in [-0.2, 0) is 0 Å². The number of unbranched alkanes of at least 4 members (excludes halogenated alkanes) is 2. The lowest BCUT2D eigenvalue weighted by Crippen LogP contribution is -2.45. The molecule has 0 bridgehead atoms. The third kappa shape index (κ3) is 3.30. The van der Waals surface area contributed by atoms with Crippen molar-refractivity contribution in [2.75, 3.05) is 26.2 Å². The Bertz CT molecular complexity index is 554. The topological polar surface area (TPSA) is 31.1 Å². The van der Waals surface area contributed by atoms with Crippen LogP contribution in [0, 0.1) is 0 Å². The Labute approximate surface area is 127 Å². The van der Waals surface area contributed by atoms with E-state index >= 15 is 0 Å². The molecule has 1 saturated heterocycles. The summed E-state index contributed by atoms with van der Waals surface area (Å²) in [7, 11) is 0. The molecule has 1 aromatic carbocycles. The number of rotatable bonds is 6. The van der Waals surface area contributed by atoms with Crippen LogP contribution in [0.2, 0.25) is 0 Å². The second-order valence-electron chi connectivity index (χ2n) is 6.08. The zero-order valence-electron chi connectivity index (χ0n) is 13.1. The summed E-state index contributed by atoms with van der Waals surface area (Å²) in [5.41, 5.74) is 2.77. The van der Waals surface area contributed by atoms with Gasteiger partial charge in [-0.25, -0.2) is 0 Å². The molecule has 0 aliphatic carbocycles. The number of H-pyrrole nitrogens is 1. The summed E-state index contributed by atoms with van der Waals surface area (Å²) in [4.78, 5) is 6.03. The Morgan fingerprint density at radius 2 is 2.00 bits per heavy atom. The van der Waals surface area contributed by atoms with Gasteiger partial charge < -0.3 is 10.3 Å². The smallest absolute Gasteiger partial charge is 0.0457 e. The molecule has 3 heteroatoms. The standard InChI is InChI=1S/C18H27N3/c1-2-3-4-8-18(21-13-11-19-12-14-21)16-6-5-7-17-15(16)9-10-20-17/h5-7,9-10,18-20H,2-4,8,11-14H2,1H3/t18-/m1/s1. The van der Waals surface area contributed by atoms with Crippen LogP contribution in [0.3, 0.4) is 0 Å². The zero-order valence-corrected chi connectivity index (χ0v) is 13.1. The molecule has 1 fully saturated rings. The maximum absolute atomic E-state index is 3.47. The molecule has 0 saturated carbocycles. The molecular formula is C18H27N3. The summed E-state index contributed by atoms with van der Waals surface area (Å²) in [5, 5.41) is 4.87. The molecule has 3 rings (SSSR count). The molecule has 1 aliphatic rings. The summed E-state index contributed by atoms with van der Waals surface area (Å²) in [6, 6.07) is 9.51. The van der Waals surface area contributed by atoms with Gasteiger partial charge in [0.1, 0.15) is 0 Å². The summed E-state index contributed by atoms with van der Waals surface area (Å²) in [6.07, 6.45) is 7.30. The van der Waals surface area contributed by atoms with E-state index in [1.54, 1.807) is 0 Å². The second-order valence-corrected chi connectivity index (χ2v) is 6.08. The summed E-state index contributed by atoms with van der Waals surface area (Å²) < 4.78 is 0. The van der Waals surface area contributed by atoms with Gasteiger partial charge in [-0.3, -0.25) is 4.90 Å². The minimum absolute atomic E-state index is 0.568. The largest absolute Gasteiger partial charge is 0.361 e. The first-order chi connectivity index (χ1) is 10.4. The highest BCUT2D eigenvalue weighted by atomic mass is 15.2. The number of aromatic nitrogens is 1. The van der Waals surface area contributed by atoms with Crippen LogP contribution < -0.4 is 5.32 Å². The minimum atomic E-state index is 0.568. The zero-order chi connectivity index (χ0) is 14.5. The van der Waals surface area contributed by atoms with E-state index in [0.717, 1.165) is 26.2 Å². The van der Waals surface area contributed by atoms with Gasteiger partial charge in [0.25, 0.3) is 0 Å². The van der Waals surface area contributed by atoms with Gasteiger partial charge in [-0.1, -0.05) is 38.3 Å². The summed E-state index contributed by atoms with van der Waals surface area (Å²) in [6.45, 7) is 6.85. The van der Waals surface area contributed by atoms with Crippen molar-refractivity contribution >= 4 is 10.9 Å². The van der Waals surface area contributed by atoms with Crippen LogP contribution in [-0.4, -0.2) is 36.1 Å². The third-order valence-corrected chi connectivity index (χ3v) is 4.66. The van der Waals surface area contributed by atoms with Crippen LogP contribution in [0.4, 0.5) is 0 Å². The number of hydrogen-bond donors (Lipinski definition) is 2. The van der Waals surface area contributed by atoms with Crippen LogP contribution in [0.1, 0.15) is 44.2 Å². The Balaban J connectivity index is 1.87. The lowest BCUT2D eigenvalue weighted by Gasteiger charge is -2.35. The van der Waals surface area contributed by atoms with Gasteiger partial charge in [0, 0.05) is 49.3 Å². The first-order valence-electron chi connectivity index (χ1n) is 8.41. The van der Waals surface area contributed by atoms with Crippen LogP contribution in [0.15, 0.2) is 30.5 Å². The number of piperazine rings is 1. The van der Waals surface area contributed by atoms with E-state index in [0.29, 0.717) is 6.04 Å². The summed E-state index contributed by atoms with van der Waals surface area (Å²) >= 11 is 0. The van der Waals surface area contributed by atoms with Gasteiger partial charge >= 0.3 is 0 Å². The van der Waals surface area contributed by atoms with E-state index in [1.807, 2.05) is 0 Å². The molecule has 1 atom stereocenters. The highest BCUT2D eigenvalue weighted by Crippen LogP contribution is 2.32. The fraction of sp³-hybridized carbons (Fsp3) is 0.556. The lowest BCUT2D eigenvalue weighted by atomic mass is 9.95. The molecule has 1 aromatic heterocycles. The normalized spacial score (nSPS) is 18.1. The highest BCUT2D eigenvalue weighted by molar-refractivity contribution is 5.83. The van der Waals surface area contributed by atoms with E-state index in [-0.39, 0.29) is 0 Å². The fourth-order valence-electron chi connectivity index (χ4n) is 3.52. The van der Waals surface area contributed by atoms with Gasteiger partial charge in [-0.2, -0.15) is 0 Å². The number of fused-ring (bicyclic) bond motifs is 1. The van der Waals surface area contributed by atoms with Crippen LogP contribution in [0.25, 0.3) is 10.9 Å². The molecule has 21 heavy (non-hydrogen) atoms. The first-order valence-corrected chi connectivity index (χ1v) is 8.41. The maximum atomic E-state index is 3.47. The van der Waals surface area contributed by atoms with Gasteiger partial charge in [0.15, 0.2) is 0 Å². The number of nitrogens with zero attached hydrogens (tertiary/aromatic N) is 1. The second kappa shape index (κ2) is 7.10. The number of aromatic amines is 1. The molecule has 0 unspecified atom stereocenters. The molecule has 2 heterocycles. The van der Waals surface area contributed by atoms with Crippen molar-refractivity contribution in [2.24, 2.45) is 0 Å². The van der Waals surface area contributed by atoms with Crippen molar-refractivity contribution in [3.8, 4) is 0 Å². The molecule has 0 radical (unpaired) electrons. The molecular weight excluding hydrogens is 258 g/mol. The Kier molecular flexibility index (Phi) is 4.94. The van der Waals surface area contributed by atoms with Gasteiger partial charge in [0.2, 0.25) is 0 Å². The van der Waals surface area contributed by atoms with Crippen molar-refractivity contribution in [3.63, 3.8) is 0 Å². The predicted molar refractivity (Wildman–Crippen MR) is 89.6 cm³/mol. The minimum Gasteiger partial charge on any atom is -0.361 e. The van der Waals surface area contributed by atoms with Gasteiger partial charge in [-0.05, 0) is 24.1 Å². The SMILES string of the molecule is CCCCC[C@H](c1cccc2[nH]ccc12)N1CCNCC1. The van der Waals surface area contributed by atoms with Gasteiger partial charge in [-0.15, -0.1) is 0 Å². The van der Waals surface area contributed by atoms with Crippen molar-refractivity contribution in [1.29, 1.82) is 0 Å². The Morgan fingerprint density at radius 3 is 2.81 bits per heavy atom. The quantitative estimate of drug-likeness (QED) is 0.793. The molecule has 0 spiro atoms. The van der Waals surface area contributed by atoms with Gasteiger partial charge in [0.05, 0.1) is 0 Å². The average Bonchev–Trinajstić information content (AvgIpc) is 3.01. The highest BCUT2D eigenvalue weighted by Gasteiger charge is 2.23. The molecule has 114 valence electrons. The molecule has 2 aromatic rings. The van der Waals surface area contributed by atoms with E-state index < -0.39 is 0 Å². The molecule has 2 N–H and O–H groups in total. The van der Waals surface area contributed by atoms with Crippen molar-refractivity contribution in [2.45, 2.75) is 38.6 Å². The Morgan fingerprint density at radius 1 is 1.14 bits per heavy atom. The van der Waals surface area contributed by atoms with Crippen molar-refractivity contribution in [3.05, 3.63) is 36.0 Å². The fourth-order valence-corrected chi connectivity index (χ4v) is 3.52. The van der Waals surface area contributed by atoms with E-state index in [1.165, 1.54) is 42.1 Å². The number of benzene rings is 1. The van der Waals surface area contributed by atoms with E-state index in [2.05, 4.69) is 52.6 Å². The molecule has 1 aliphatic heterocycles. The van der Waals surface area contributed by atoms with Crippen LogP contribution >= 0.6 is 0 Å². The number of nitrogens with one attached hydrogen (secondary N) is 2. The van der Waals surface area contributed by atoms with E-state index in [9.17, 15) is 0 Å². The molecule has 3 nitrogen and oxygen atoms in total. The Hall–Kier alpha value is -1.32.